The van der Waals surface area contributed by atoms with Crippen LogP contribution >= 0.6 is 7.82 Å². The van der Waals surface area contributed by atoms with Crippen LogP contribution in [-0.4, -0.2) is 74.9 Å². The minimum absolute atomic E-state index is 0.0350. The standard InChI is InChI=1S/C49H96NO8P/c1-6-8-10-12-14-16-18-20-21-22-23-24-25-26-27-28-29-30-32-34-36-38-40-42-49(52)58-47(46-57-59(53,54)56-44-43-50(3,4)5)45-55-48(51)41-39-37-35-33-31-19-17-15-13-11-9-7-2/h22-23,47H,6-21,24-46H2,1-5H3/p+1/b23-22-. The van der Waals surface area contributed by atoms with E-state index in [0.29, 0.717) is 23.9 Å². The normalized spacial score (nSPS) is 13.5. The molecule has 0 radical (unpaired) electrons. The highest BCUT2D eigenvalue weighted by molar-refractivity contribution is 7.47. The Morgan fingerprint density at radius 3 is 1.25 bits per heavy atom. The van der Waals surface area contributed by atoms with Crippen LogP contribution < -0.4 is 0 Å². The highest BCUT2D eigenvalue weighted by Crippen LogP contribution is 2.43. The summed E-state index contributed by atoms with van der Waals surface area (Å²) in [4.78, 5) is 35.4. The average Bonchev–Trinajstić information content (AvgIpc) is 3.19. The van der Waals surface area contributed by atoms with Crippen molar-refractivity contribution in [2.45, 2.75) is 245 Å². The fourth-order valence-electron chi connectivity index (χ4n) is 7.13. The van der Waals surface area contributed by atoms with Crippen LogP contribution in [0.5, 0.6) is 0 Å². The van der Waals surface area contributed by atoms with Crippen molar-refractivity contribution in [1.29, 1.82) is 0 Å². The summed E-state index contributed by atoms with van der Waals surface area (Å²) in [5.74, 6) is -0.787. The molecule has 350 valence electrons. The molecule has 59 heavy (non-hydrogen) atoms. The average molecular weight is 859 g/mol. The number of phosphoric acid groups is 1. The maximum absolute atomic E-state index is 12.7. The number of rotatable bonds is 46. The topological polar surface area (TPSA) is 108 Å². The van der Waals surface area contributed by atoms with Crippen molar-refractivity contribution in [3.63, 3.8) is 0 Å². The number of nitrogens with zero attached hydrogens (tertiary/aromatic N) is 1. The fraction of sp³-hybridized carbons (Fsp3) is 0.918. The first-order valence-electron chi connectivity index (χ1n) is 24.9. The molecule has 0 saturated carbocycles. The van der Waals surface area contributed by atoms with Gasteiger partial charge in [0.25, 0.3) is 0 Å². The van der Waals surface area contributed by atoms with Gasteiger partial charge in [-0.3, -0.25) is 18.6 Å². The number of esters is 2. The van der Waals surface area contributed by atoms with Gasteiger partial charge in [-0.25, -0.2) is 4.57 Å². The van der Waals surface area contributed by atoms with Crippen molar-refractivity contribution in [2.75, 3.05) is 47.5 Å². The van der Waals surface area contributed by atoms with Crippen LogP contribution in [0.1, 0.15) is 239 Å². The van der Waals surface area contributed by atoms with Gasteiger partial charge in [-0.1, -0.05) is 199 Å². The molecule has 0 fully saturated rings. The Morgan fingerprint density at radius 1 is 0.508 bits per heavy atom. The second-order valence-electron chi connectivity index (χ2n) is 18.2. The third-order valence-electron chi connectivity index (χ3n) is 11.0. The number of ether oxygens (including phenoxy) is 2. The lowest BCUT2D eigenvalue weighted by atomic mass is 10.0. The zero-order chi connectivity index (χ0) is 43.6. The largest absolute Gasteiger partial charge is 0.472 e. The van der Waals surface area contributed by atoms with Crippen molar-refractivity contribution in [2.24, 2.45) is 0 Å². The summed E-state index contributed by atoms with van der Waals surface area (Å²) in [7, 11) is 1.49. The molecule has 0 heterocycles. The number of hydrogen-bond acceptors (Lipinski definition) is 7. The molecule has 0 aromatic heterocycles. The third-order valence-corrected chi connectivity index (χ3v) is 12.0. The summed E-state index contributed by atoms with van der Waals surface area (Å²) >= 11 is 0. The van der Waals surface area contributed by atoms with Crippen LogP contribution in [-0.2, 0) is 32.7 Å². The number of carbonyl (C=O) groups is 2. The van der Waals surface area contributed by atoms with E-state index in [1.165, 1.54) is 173 Å². The molecule has 0 saturated heterocycles. The minimum Gasteiger partial charge on any atom is -0.462 e. The van der Waals surface area contributed by atoms with E-state index in [1.54, 1.807) is 0 Å². The van der Waals surface area contributed by atoms with E-state index in [-0.39, 0.29) is 25.6 Å². The van der Waals surface area contributed by atoms with Crippen LogP contribution in [0.3, 0.4) is 0 Å². The lowest BCUT2D eigenvalue weighted by molar-refractivity contribution is -0.870. The van der Waals surface area contributed by atoms with Gasteiger partial charge in [0.2, 0.25) is 0 Å². The summed E-state index contributed by atoms with van der Waals surface area (Å²) in [6.07, 6.45) is 45.5. The highest BCUT2D eigenvalue weighted by atomic mass is 31.2. The van der Waals surface area contributed by atoms with Crippen LogP contribution in [0.2, 0.25) is 0 Å². The quantitative estimate of drug-likeness (QED) is 0.0212. The van der Waals surface area contributed by atoms with E-state index in [0.717, 1.165) is 32.1 Å². The Morgan fingerprint density at radius 2 is 0.864 bits per heavy atom. The zero-order valence-corrected chi connectivity index (χ0v) is 40.4. The van der Waals surface area contributed by atoms with Gasteiger partial charge >= 0.3 is 19.8 Å². The Bertz CT molecular complexity index is 1020. The fourth-order valence-corrected chi connectivity index (χ4v) is 7.87. The first kappa shape index (κ1) is 57.8. The van der Waals surface area contributed by atoms with Gasteiger partial charge in [0, 0.05) is 12.8 Å². The van der Waals surface area contributed by atoms with E-state index in [4.69, 9.17) is 18.5 Å². The van der Waals surface area contributed by atoms with Gasteiger partial charge in [0.15, 0.2) is 6.10 Å². The van der Waals surface area contributed by atoms with E-state index in [1.807, 2.05) is 21.1 Å². The van der Waals surface area contributed by atoms with E-state index >= 15 is 0 Å². The Balaban J connectivity index is 4.18. The van der Waals surface area contributed by atoms with Gasteiger partial charge in [-0.15, -0.1) is 0 Å². The molecule has 1 N–H and O–H groups in total. The summed E-state index contributed by atoms with van der Waals surface area (Å²) in [6, 6.07) is 0. The summed E-state index contributed by atoms with van der Waals surface area (Å²) < 4.78 is 34.4. The lowest BCUT2D eigenvalue weighted by Crippen LogP contribution is -2.37. The molecule has 9 nitrogen and oxygen atoms in total. The maximum Gasteiger partial charge on any atom is 0.472 e. The molecule has 2 unspecified atom stereocenters. The van der Waals surface area contributed by atoms with E-state index < -0.39 is 26.5 Å². The number of likely N-dealkylation sites (N-methyl/N-ethyl adjacent to an activating group) is 1. The smallest absolute Gasteiger partial charge is 0.462 e. The molecule has 0 amide bonds. The van der Waals surface area contributed by atoms with Crippen molar-refractivity contribution < 1.29 is 42.1 Å². The first-order chi connectivity index (χ1) is 28.5. The van der Waals surface area contributed by atoms with Crippen molar-refractivity contribution in [1.82, 2.24) is 0 Å². The van der Waals surface area contributed by atoms with Crippen LogP contribution in [0.25, 0.3) is 0 Å². The van der Waals surface area contributed by atoms with Crippen LogP contribution in [0.15, 0.2) is 12.2 Å². The molecule has 0 spiro atoms. The Labute approximate surface area is 365 Å². The van der Waals surface area contributed by atoms with E-state index in [9.17, 15) is 19.0 Å². The number of unbranched alkanes of at least 4 members (excludes halogenated alkanes) is 30. The van der Waals surface area contributed by atoms with Gasteiger partial charge in [-0.05, 0) is 38.5 Å². The lowest BCUT2D eigenvalue weighted by Gasteiger charge is -2.24. The van der Waals surface area contributed by atoms with Gasteiger partial charge in [0.1, 0.15) is 19.8 Å². The van der Waals surface area contributed by atoms with Gasteiger partial charge in [-0.2, -0.15) is 0 Å². The predicted molar refractivity (Wildman–Crippen MR) is 248 cm³/mol. The van der Waals surface area contributed by atoms with Gasteiger partial charge in [0.05, 0.1) is 27.7 Å². The monoisotopic (exact) mass is 859 g/mol. The second-order valence-corrected chi connectivity index (χ2v) is 19.7. The molecule has 0 aromatic rings. The number of allylic oxidation sites excluding steroid dienone is 2. The van der Waals surface area contributed by atoms with Crippen molar-refractivity contribution in [3.8, 4) is 0 Å². The molecule has 2 atom stereocenters. The first-order valence-corrected chi connectivity index (χ1v) is 26.4. The van der Waals surface area contributed by atoms with Crippen molar-refractivity contribution >= 4 is 19.8 Å². The summed E-state index contributed by atoms with van der Waals surface area (Å²) in [6.45, 7) is 4.45. The molecule has 0 rings (SSSR count). The SMILES string of the molecule is CCCCCCCCCC/C=C\CCCCCCCCCCCCCC(=O)OC(COC(=O)CCCCCCCCCCCCCC)COP(=O)(O)OCC[N+](C)(C)C. The summed E-state index contributed by atoms with van der Waals surface area (Å²) in [5.41, 5.74) is 0. The molecular weight excluding hydrogens is 762 g/mol. The number of quaternary nitrogens is 1. The highest BCUT2D eigenvalue weighted by Gasteiger charge is 2.27. The maximum atomic E-state index is 12.7. The third kappa shape index (κ3) is 46.1. The number of carbonyl (C=O) groups excluding carboxylic acids is 2. The number of phosphoric ester groups is 1. The van der Waals surface area contributed by atoms with Gasteiger partial charge < -0.3 is 18.9 Å². The molecule has 0 aliphatic carbocycles. The van der Waals surface area contributed by atoms with Crippen LogP contribution in [0.4, 0.5) is 0 Å². The Hall–Kier alpha value is -1.25. The molecule has 0 bridgehead atoms. The second kappa shape index (κ2) is 42.1. The molecular formula is C49H97NO8P+. The molecule has 0 aliphatic rings. The predicted octanol–water partition coefficient (Wildman–Crippen LogP) is 14.5. The van der Waals surface area contributed by atoms with Crippen LogP contribution in [0, 0.1) is 0 Å². The zero-order valence-electron chi connectivity index (χ0n) is 39.5. The van der Waals surface area contributed by atoms with Crippen molar-refractivity contribution in [3.05, 3.63) is 12.2 Å². The summed E-state index contributed by atoms with van der Waals surface area (Å²) in [5, 5.41) is 0. The molecule has 0 aliphatic heterocycles. The van der Waals surface area contributed by atoms with E-state index in [2.05, 4.69) is 26.0 Å². The number of hydrogen-bond donors (Lipinski definition) is 1. The molecule has 10 heteroatoms. The minimum atomic E-state index is -4.37. The molecule has 0 aromatic carbocycles. The Kier molecular flexibility index (Phi) is 41.2.